The number of nitrogens with one attached hydrogen (secondary N) is 1. The third-order valence-corrected chi connectivity index (χ3v) is 7.50. The van der Waals surface area contributed by atoms with Gasteiger partial charge in [-0.2, -0.15) is 0 Å². The van der Waals surface area contributed by atoms with Crippen LogP contribution in [0, 0.1) is 5.82 Å². The van der Waals surface area contributed by atoms with E-state index in [1.165, 1.54) is 18.2 Å². The SMILES string of the molecule is COc1cc2c(cc1/C=C1/SC(=O)N(CC(=O)Nc3ccccc3F)C1=O)C(C)CC(C)(C)N2C. The zero-order valence-electron chi connectivity index (χ0n) is 20.3. The fourth-order valence-corrected chi connectivity index (χ4v) is 5.40. The van der Waals surface area contributed by atoms with Crippen molar-refractivity contribution in [2.24, 2.45) is 0 Å². The van der Waals surface area contributed by atoms with E-state index in [0.717, 1.165) is 34.3 Å². The van der Waals surface area contributed by atoms with Crippen molar-refractivity contribution in [2.75, 3.05) is 30.9 Å². The van der Waals surface area contributed by atoms with Crippen LogP contribution in [0.15, 0.2) is 41.3 Å². The summed E-state index contributed by atoms with van der Waals surface area (Å²) >= 11 is 0.764. The first-order valence-electron chi connectivity index (χ1n) is 11.3. The molecule has 9 heteroatoms. The van der Waals surface area contributed by atoms with E-state index >= 15 is 0 Å². The first kappa shape index (κ1) is 24.8. The second-order valence-electron chi connectivity index (χ2n) is 9.43. The number of benzene rings is 2. The number of anilines is 2. The Morgan fingerprint density at radius 2 is 2.00 bits per heavy atom. The van der Waals surface area contributed by atoms with Crippen LogP contribution in [0.25, 0.3) is 6.08 Å². The van der Waals surface area contributed by atoms with Crippen molar-refractivity contribution >= 4 is 46.3 Å². The predicted octanol–water partition coefficient (Wildman–Crippen LogP) is 5.23. The van der Waals surface area contributed by atoms with Gasteiger partial charge in [-0.15, -0.1) is 0 Å². The lowest BCUT2D eigenvalue weighted by Crippen LogP contribution is -2.45. The Labute approximate surface area is 208 Å². The highest BCUT2D eigenvalue weighted by Gasteiger charge is 2.38. The van der Waals surface area contributed by atoms with E-state index in [0.29, 0.717) is 17.2 Å². The highest BCUT2D eigenvalue weighted by molar-refractivity contribution is 8.18. The van der Waals surface area contributed by atoms with Gasteiger partial charge in [0.1, 0.15) is 18.1 Å². The Kier molecular flexibility index (Phi) is 6.64. The van der Waals surface area contributed by atoms with E-state index in [1.54, 1.807) is 19.3 Å². The highest BCUT2D eigenvalue weighted by atomic mass is 32.2. The number of carbonyl (C=O) groups is 3. The van der Waals surface area contributed by atoms with Gasteiger partial charge in [0.15, 0.2) is 0 Å². The molecule has 2 heterocycles. The minimum Gasteiger partial charge on any atom is -0.496 e. The van der Waals surface area contributed by atoms with Gasteiger partial charge >= 0.3 is 0 Å². The number of halogens is 1. The van der Waals surface area contributed by atoms with Crippen LogP contribution in [0.5, 0.6) is 5.75 Å². The summed E-state index contributed by atoms with van der Waals surface area (Å²) in [6, 6.07) is 9.66. The number of hydrogen-bond donors (Lipinski definition) is 1. The van der Waals surface area contributed by atoms with E-state index in [2.05, 4.69) is 38.0 Å². The molecule has 3 amide bonds. The van der Waals surface area contributed by atoms with Crippen molar-refractivity contribution in [2.45, 2.75) is 38.6 Å². The Morgan fingerprint density at radius 3 is 2.69 bits per heavy atom. The molecule has 4 rings (SSSR count). The average Bonchev–Trinajstić information content (AvgIpc) is 3.06. The van der Waals surface area contributed by atoms with Crippen molar-refractivity contribution in [3.05, 3.63) is 58.2 Å². The van der Waals surface area contributed by atoms with Crippen LogP contribution in [0.2, 0.25) is 0 Å². The molecule has 2 aliphatic rings. The molecule has 1 fully saturated rings. The summed E-state index contributed by atoms with van der Waals surface area (Å²) < 4.78 is 19.4. The quantitative estimate of drug-likeness (QED) is 0.570. The van der Waals surface area contributed by atoms with Crippen LogP contribution in [-0.2, 0) is 9.59 Å². The predicted molar refractivity (Wildman–Crippen MR) is 136 cm³/mol. The molecule has 0 aromatic heterocycles. The molecule has 1 saturated heterocycles. The maximum absolute atomic E-state index is 13.8. The molecule has 0 aliphatic carbocycles. The lowest BCUT2D eigenvalue weighted by atomic mass is 9.80. The minimum atomic E-state index is -0.663. The Bertz CT molecular complexity index is 1240. The first-order valence-corrected chi connectivity index (χ1v) is 12.1. The molecule has 2 aromatic rings. The summed E-state index contributed by atoms with van der Waals surface area (Å²) in [5.74, 6) is -0.951. The van der Waals surface area contributed by atoms with Crippen molar-refractivity contribution in [1.29, 1.82) is 0 Å². The zero-order valence-corrected chi connectivity index (χ0v) is 21.2. The molecule has 2 aromatic carbocycles. The van der Waals surface area contributed by atoms with Gasteiger partial charge in [0.05, 0.1) is 17.7 Å². The summed E-state index contributed by atoms with van der Waals surface area (Å²) in [5, 5.41) is 1.84. The van der Waals surface area contributed by atoms with E-state index in [-0.39, 0.29) is 16.1 Å². The average molecular weight is 498 g/mol. The van der Waals surface area contributed by atoms with Crippen LogP contribution in [0.3, 0.4) is 0 Å². The number of thioether (sulfide) groups is 1. The smallest absolute Gasteiger partial charge is 0.294 e. The number of amides is 3. The molecule has 35 heavy (non-hydrogen) atoms. The molecule has 0 saturated carbocycles. The van der Waals surface area contributed by atoms with Crippen molar-refractivity contribution in [3.8, 4) is 5.75 Å². The van der Waals surface area contributed by atoms with Gasteiger partial charge < -0.3 is 15.0 Å². The van der Waals surface area contributed by atoms with E-state index in [1.807, 2.05) is 12.1 Å². The van der Waals surface area contributed by atoms with Crippen molar-refractivity contribution in [3.63, 3.8) is 0 Å². The fraction of sp³-hybridized carbons (Fsp3) is 0.346. The summed E-state index contributed by atoms with van der Waals surface area (Å²) in [7, 11) is 3.62. The van der Waals surface area contributed by atoms with Crippen LogP contribution < -0.4 is 15.0 Å². The van der Waals surface area contributed by atoms with Crippen molar-refractivity contribution in [1.82, 2.24) is 4.90 Å². The third kappa shape index (κ3) is 4.77. The van der Waals surface area contributed by atoms with Crippen LogP contribution in [0.1, 0.15) is 44.2 Å². The van der Waals surface area contributed by atoms with E-state index in [4.69, 9.17) is 4.74 Å². The van der Waals surface area contributed by atoms with Gasteiger partial charge in [0.25, 0.3) is 11.1 Å². The van der Waals surface area contributed by atoms with Gasteiger partial charge in [0, 0.05) is 29.9 Å². The molecular weight excluding hydrogens is 469 g/mol. The first-order chi connectivity index (χ1) is 16.5. The molecule has 7 nitrogen and oxygen atoms in total. The van der Waals surface area contributed by atoms with Gasteiger partial charge in [-0.05, 0) is 67.8 Å². The molecule has 0 radical (unpaired) electrons. The van der Waals surface area contributed by atoms with Crippen molar-refractivity contribution < 1.29 is 23.5 Å². The number of nitrogens with zero attached hydrogens (tertiary/aromatic N) is 2. The highest BCUT2D eigenvalue weighted by Crippen LogP contribution is 2.45. The van der Waals surface area contributed by atoms with Crippen LogP contribution in [0.4, 0.5) is 20.6 Å². The molecule has 0 spiro atoms. The summed E-state index contributed by atoms with van der Waals surface area (Å²) in [5.41, 5.74) is 2.88. The maximum Gasteiger partial charge on any atom is 0.294 e. The Morgan fingerprint density at radius 1 is 1.29 bits per heavy atom. The number of rotatable bonds is 5. The second kappa shape index (κ2) is 9.37. The molecular formula is C26H28FN3O4S. The maximum atomic E-state index is 13.8. The summed E-state index contributed by atoms with van der Waals surface area (Å²) in [6.45, 7) is 6.07. The van der Waals surface area contributed by atoms with Crippen LogP contribution >= 0.6 is 11.8 Å². The van der Waals surface area contributed by atoms with Gasteiger partial charge in [-0.1, -0.05) is 19.1 Å². The standard InChI is InChI=1S/C26H28FN3O4S/c1-15-13-26(2,3)29(4)20-12-21(34-5)16(10-17(15)20)11-22-24(32)30(25(33)35-22)14-23(31)28-19-9-7-6-8-18(19)27/h6-12,15H,13-14H2,1-5H3,(H,28,31)/b22-11+. The second-order valence-corrected chi connectivity index (χ2v) is 10.4. The number of fused-ring (bicyclic) bond motifs is 1. The van der Waals surface area contributed by atoms with Crippen LogP contribution in [-0.4, -0.2) is 48.2 Å². The molecule has 0 bridgehead atoms. The molecule has 1 atom stereocenters. The fourth-order valence-electron chi connectivity index (χ4n) is 4.57. The molecule has 184 valence electrons. The molecule has 1 N–H and O–H groups in total. The van der Waals surface area contributed by atoms with E-state index < -0.39 is 29.4 Å². The molecule has 2 aliphatic heterocycles. The number of methoxy groups -OCH3 is 1. The van der Waals surface area contributed by atoms with E-state index in [9.17, 15) is 18.8 Å². The lowest BCUT2D eigenvalue weighted by molar-refractivity contribution is -0.127. The van der Waals surface area contributed by atoms with Gasteiger partial charge in [0.2, 0.25) is 5.91 Å². The zero-order chi connectivity index (χ0) is 25.5. The van der Waals surface area contributed by atoms with Gasteiger partial charge in [-0.25, -0.2) is 4.39 Å². The summed E-state index contributed by atoms with van der Waals surface area (Å²) in [4.78, 5) is 41.2. The number of hydrogen-bond acceptors (Lipinski definition) is 6. The lowest BCUT2D eigenvalue weighted by Gasteiger charge is -2.45. The number of ether oxygens (including phenoxy) is 1. The normalized spacial score (nSPS) is 20.3. The largest absolute Gasteiger partial charge is 0.496 e. The number of para-hydroxylation sites is 1. The number of imide groups is 1. The topological polar surface area (TPSA) is 79.0 Å². The monoisotopic (exact) mass is 497 g/mol. The summed E-state index contributed by atoms with van der Waals surface area (Å²) in [6.07, 6.45) is 2.60. The Hall–Kier alpha value is -3.33. The minimum absolute atomic E-state index is 0.00909. The Balaban J connectivity index is 1.58. The number of carbonyl (C=O) groups excluding carboxylic acids is 3. The molecule has 1 unspecified atom stereocenters. The third-order valence-electron chi connectivity index (χ3n) is 6.59. The van der Waals surface area contributed by atoms with Gasteiger partial charge in [-0.3, -0.25) is 19.3 Å².